The van der Waals surface area contributed by atoms with Crippen molar-refractivity contribution < 1.29 is 0 Å². The van der Waals surface area contributed by atoms with E-state index in [2.05, 4.69) is 56.9 Å². The maximum Gasteiger partial charge on any atom is 0.0192 e. The van der Waals surface area contributed by atoms with Crippen LogP contribution in [0.3, 0.4) is 0 Å². The molecule has 1 N–H and O–H groups in total. The molecule has 102 valence electrons. The number of nitrogens with one attached hydrogen (secondary N) is 1. The second kappa shape index (κ2) is 6.17. The molecule has 1 fully saturated rings. The van der Waals surface area contributed by atoms with Gasteiger partial charge in [-0.3, -0.25) is 0 Å². The highest BCUT2D eigenvalue weighted by atomic mass is 15.3. The van der Waals surface area contributed by atoms with Crippen molar-refractivity contribution in [2.75, 3.05) is 40.3 Å². The lowest BCUT2D eigenvalue weighted by Crippen LogP contribution is -2.51. The summed E-state index contributed by atoms with van der Waals surface area (Å²) < 4.78 is 0. The first-order valence-electron chi connectivity index (χ1n) is 6.94. The van der Waals surface area contributed by atoms with Crippen LogP contribution >= 0.6 is 0 Å². The Kier molecular flexibility index (Phi) is 5.42. The van der Waals surface area contributed by atoms with Crippen LogP contribution in [0, 0.1) is 5.41 Å². The van der Waals surface area contributed by atoms with Gasteiger partial charge >= 0.3 is 0 Å². The van der Waals surface area contributed by atoms with Gasteiger partial charge in [0.25, 0.3) is 0 Å². The lowest BCUT2D eigenvalue weighted by Gasteiger charge is -2.39. The first kappa shape index (κ1) is 14.9. The highest BCUT2D eigenvalue weighted by molar-refractivity contribution is 4.82. The second-order valence-electron chi connectivity index (χ2n) is 6.63. The predicted octanol–water partition coefficient (Wildman–Crippen LogP) is 1.65. The van der Waals surface area contributed by atoms with E-state index in [4.69, 9.17) is 0 Å². The van der Waals surface area contributed by atoms with Gasteiger partial charge in [0.05, 0.1) is 0 Å². The Morgan fingerprint density at radius 1 is 1.29 bits per heavy atom. The monoisotopic (exact) mass is 241 g/mol. The summed E-state index contributed by atoms with van der Waals surface area (Å²) in [5, 5.41) is 3.46. The van der Waals surface area contributed by atoms with Gasteiger partial charge in [0.1, 0.15) is 0 Å². The van der Waals surface area contributed by atoms with Gasteiger partial charge in [-0.05, 0) is 39.4 Å². The molecule has 1 rings (SSSR count). The lowest BCUT2D eigenvalue weighted by molar-refractivity contribution is 0.0967. The van der Waals surface area contributed by atoms with Crippen LogP contribution in [0.2, 0.25) is 0 Å². The van der Waals surface area contributed by atoms with E-state index in [1.165, 1.54) is 32.6 Å². The normalized spacial score (nSPS) is 26.1. The van der Waals surface area contributed by atoms with Crippen molar-refractivity contribution in [2.24, 2.45) is 5.41 Å². The minimum absolute atomic E-state index is 0.354. The standard InChI is InChI=1S/C14H31N3/c1-12-11-17(10-9-16(12)6)8-7-13(15-5)14(2,3)4/h12-13,15H,7-11H2,1-6H3. The molecule has 0 aromatic heterocycles. The van der Waals surface area contributed by atoms with E-state index in [0.29, 0.717) is 17.5 Å². The van der Waals surface area contributed by atoms with Crippen LogP contribution < -0.4 is 5.32 Å². The average Bonchev–Trinajstić information content (AvgIpc) is 2.22. The molecule has 1 heterocycles. The van der Waals surface area contributed by atoms with Gasteiger partial charge in [-0.25, -0.2) is 0 Å². The lowest BCUT2D eigenvalue weighted by atomic mass is 9.85. The topological polar surface area (TPSA) is 18.5 Å². The Morgan fingerprint density at radius 2 is 1.94 bits per heavy atom. The molecule has 0 aromatic rings. The molecule has 0 saturated carbocycles. The SMILES string of the molecule is CNC(CCN1CCN(C)C(C)C1)C(C)(C)C. The molecule has 2 unspecified atom stereocenters. The quantitative estimate of drug-likeness (QED) is 0.807. The number of hydrogen-bond donors (Lipinski definition) is 1. The summed E-state index contributed by atoms with van der Waals surface area (Å²) in [5.74, 6) is 0. The van der Waals surface area contributed by atoms with Crippen LogP contribution in [-0.4, -0.2) is 62.2 Å². The zero-order valence-electron chi connectivity index (χ0n) is 12.6. The van der Waals surface area contributed by atoms with Gasteiger partial charge in [-0.15, -0.1) is 0 Å². The van der Waals surface area contributed by atoms with E-state index in [1.54, 1.807) is 0 Å². The number of hydrogen-bond acceptors (Lipinski definition) is 3. The van der Waals surface area contributed by atoms with Crippen molar-refractivity contribution >= 4 is 0 Å². The van der Waals surface area contributed by atoms with Crippen molar-refractivity contribution in [1.29, 1.82) is 0 Å². The summed E-state index contributed by atoms with van der Waals surface area (Å²) in [7, 11) is 4.32. The Morgan fingerprint density at radius 3 is 2.41 bits per heavy atom. The Labute approximate surface area is 108 Å². The molecule has 1 aliphatic rings. The first-order chi connectivity index (χ1) is 7.84. The molecule has 0 aliphatic carbocycles. The molecule has 3 heteroatoms. The molecule has 0 aromatic carbocycles. The molecule has 0 bridgehead atoms. The van der Waals surface area contributed by atoms with Crippen LogP contribution in [0.4, 0.5) is 0 Å². The van der Waals surface area contributed by atoms with Crippen LogP contribution in [-0.2, 0) is 0 Å². The van der Waals surface area contributed by atoms with Gasteiger partial charge in [0.2, 0.25) is 0 Å². The predicted molar refractivity (Wildman–Crippen MR) is 75.5 cm³/mol. The van der Waals surface area contributed by atoms with E-state index >= 15 is 0 Å². The minimum Gasteiger partial charge on any atom is -0.316 e. The molecular formula is C14H31N3. The number of rotatable bonds is 4. The molecule has 0 spiro atoms. The molecule has 0 amide bonds. The summed E-state index contributed by atoms with van der Waals surface area (Å²) >= 11 is 0. The van der Waals surface area contributed by atoms with Crippen LogP contribution in [0.5, 0.6) is 0 Å². The van der Waals surface area contributed by atoms with Crippen molar-refractivity contribution in [3.63, 3.8) is 0 Å². The van der Waals surface area contributed by atoms with Gasteiger partial charge in [-0.2, -0.15) is 0 Å². The fourth-order valence-corrected chi connectivity index (χ4v) is 2.65. The number of piperazine rings is 1. The Hall–Kier alpha value is -0.120. The third-order valence-corrected chi connectivity index (χ3v) is 4.17. The third kappa shape index (κ3) is 4.57. The fraction of sp³-hybridized carbons (Fsp3) is 1.00. The van der Waals surface area contributed by atoms with Crippen LogP contribution in [0.15, 0.2) is 0 Å². The first-order valence-corrected chi connectivity index (χ1v) is 6.94. The van der Waals surface area contributed by atoms with Crippen LogP contribution in [0.1, 0.15) is 34.1 Å². The smallest absolute Gasteiger partial charge is 0.0192 e. The summed E-state index contributed by atoms with van der Waals surface area (Å²) in [5.41, 5.74) is 0.354. The molecule has 3 nitrogen and oxygen atoms in total. The number of likely N-dealkylation sites (N-methyl/N-ethyl adjacent to an activating group) is 1. The van der Waals surface area contributed by atoms with Crippen molar-refractivity contribution in [1.82, 2.24) is 15.1 Å². The Balaban J connectivity index is 2.35. The summed E-state index contributed by atoms with van der Waals surface area (Å²) in [6.07, 6.45) is 1.25. The largest absolute Gasteiger partial charge is 0.316 e. The third-order valence-electron chi connectivity index (χ3n) is 4.17. The van der Waals surface area contributed by atoms with Crippen LogP contribution in [0.25, 0.3) is 0 Å². The summed E-state index contributed by atoms with van der Waals surface area (Å²) in [4.78, 5) is 5.07. The van der Waals surface area contributed by atoms with Gasteiger partial charge in [-0.1, -0.05) is 20.8 Å². The zero-order chi connectivity index (χ0) is 13.1. The second-order valence-corrected chi connectivity index (χ2v) is 6.63. The average molecular weight is 241 g/mol. The van der Waals surface area contributed by atoms with Gasteiger partial charge in [0, 0.05) is 31.7 Å². The Bertz CT molecular complexity index is 222. The van der Waals surface area contributed by atoms with Crippen molar-refractivity contribution in [2.45, 2.75) is 46.2 Å². The van der Waals surface area contributed by atoms with E-state index < -0.39 is 0 Å². The molecule has 0 radical (unpaired) electrons. The van der Waals surface area contributed by atoms with Gasteiger partial charge < -0.3 is 15.1 Å². The van der Waals surface area contributed by atoms with E-state index in [-0.39, 0.29) is 0 Å². The van der Waals surface area contributed by atoms with Gasteiger partial charge in [0.15, 0.2) is 0 Å². The molecule has 1 aliphatic heterocycles. The van der Waals surface area contributed by atoms with Crippen molar-refractivity contribution in [3.8, 4) is 0 Å². The summed E-state index contributed by atoms with van der Waals surface area (Å²) in [6.45, 7) is 14.2. The fourth-order valence-electron chi connectivity index (χ4n) is 2.65. The summed E-state index contributed by atoms with van der Waals surface area (Å²) in [6, 6.07) is 1.31. The highest BCUT2D eigenvalue weighted by Crippen LogP contribution is 2.22. The molecular weight excluding hydrogens is 210 g/mol. The molecule has 1 saturated heterocycles. The van der Waals surface area contributed by atoms with E-state index in [0.717, 1.165) is 0 Å². The number of nitrogens with zero attached hydrogens (tertiary/aromatic N) is 2. The molecule has 17 heavy (non-hydrogen) atoms. The van der Waals surface area contributed by atoms with Crippen molar-refractivity contribution in [3.05, 3.63) is 0 Å². The van der Waals surface area contributed by atoms with E-state index in [1.807, 2.05) is 0 Å². The molecule has 2 atom stereocenters. The highest BCUT2D eigenvalue weighted by Gasteiger charge is 2.25. The minimum atomic E-state index is 0.354. The maximum atomic E-state index is 3.46. The zero-order valence-corrected chi connectivity index (χ0v) is 12.6. The maximum absolute atomic E-state index is 3.46. The van der Waals surface area contributed by atoms with E-state index in [9.17, 15) is 0 Å².